The van der Waals surface area contributed by atoms with Gasteiger partial charge >= 0.3 is 0 Å². The van der Waals surface area contributed by atoms with Gasteiger partial charge in [0, 0.05) is 21.9 Å². The molecule has 2 nitrogen and oxygen atoms in total. The Bertz CT molecular complexity index is 3890. The normalized spacial score (nSPS) is 14.2. The standard InChI is InChI=1S/C65H40N2/c1-3-19-41(20-4-1)44-39-58(43-22-5-2-6-23-43)66-60(40-44)67-59-38-35-42-21-7-8-24-45(42)61(59)49-36-37-57-62(63(49)67)48-27-11-14-30-52(48)65(57)55-33-17-15-31-53(55)64(54-32-16-18-34-56(54)65)50-28-12-9-25-46(50)47-26-10-13-29-51(47)64/h1-40H. The third-order valence-corrected chi connectivity index (χ3v) is 15.5. The fraction of sp³-hybridized carbons (Fsp3) is 0.0308. The molecule has 0 amide bonds. The van der Waals surface area contributed by atoms with E-state index in [4.69, 9.17) is 4.98 Å². The van der Waals surface area contributed by atoms with Crippen molar-refractivity contribution in [3.63, 3.8) is 0 Å². The highest BCUT2D eigenvalue weighted by Crippen LogP contribution is 2.68. The van der Waals surface area contributed by atoms with Crippen LogP contribution in [0.25, 0.3) is 83.0 Å². The van der Waals surface area contributed by atoms with Gasteiger partial charge in [-0.25, -0.2) is 4.98 Å². The summed E-state index contributed by atoms with van der Waals surface area (Å²) in [5.74, 6) is 0.893. The van der Waals surface area contributed by atoms with E-state index in [0.717, 1.165) is 33.7 Å². The molecule has 2 spiro atoms. The van der Waals surface area contributed by atoms with E-state index in [1.807, 2.05) is 0 Å². The van der Waals surface area contributed by atoms with Crippen molar-refractivity contribution in [2.24, 2.45) is 0 Å². The predicted octanol–water partition coefficient (Wildman–Crippen LogP) is 15.7. The molecule has 67 heavy (non-hydrogen) atoms. The number of hydrogen-bond acceptors (Lipinski definition) is 1. The minimum Gasteiger partial charge on any atom is -0.293 e. The second-order valence-corrected chi connectivity index (χ2v) is 18.5. The first-order valence-corrected chi connectivity index (χ1v) is 23.4. The molecule has 10 aromatic carbocycles. The topological polar surface area (TPSA) is 17.8 Å². The van der Waals surface area contributed by atoms with E-state index in [2.05, 4.69) is 247 Å². The zero-order valence-corrected chi connectivity index (χ0v) is 36.5. The highest BCUT2D eigenvalue weighted by molar-refractivity contribution is 6.24. The minimum atomic E-state index is -0.622. The van der Waals surface area contributed by atoms with Gasteiger partial charge in [-0.15, -0.1) is 0 Å². The Kier molecular flexibility index (Phi) is 7.39. The van der Waals surface area contributed by atoms with Crippen molar-refractivity contribution in [2.45, 2.75) is 10.8 Å². The van der Waals surface area contributed by atoms with Crippen molar-refractivity contribution in [2.75, 3.05) is 0 Å². The fourth-order valence-electron chi connectivity index (χ4n) is 13.0. The molecule has 310 valence electrons. The lowest BCUT2D eigenvalue weighted by Crippen LogP contribution is -2.43. The van der Waals surface area contributed by atoms with E-state index < -0.39 is 10.8 Å². The van der Waals surface area contributed by atoms with E-state index in [1.54, 1.807) is 0 Å². The number of fused-ring (bicyclic) bond motifs is 22. The van der Waals surface area contributed by atoms with Gasteiger partial charge in [0.25, 0.3) is 0 Å². The van der Waals surface area contributed by atoms with Crippen molar-refractivity contribution >= 4 is 32.6 Å². The molecule has 0 fully saturated rings. The third-order valence-electron chi connectivity index (χ3n) is 15.5. The van der Waals surface area contributed by atoms with Gasteiger partial charge in [-0.05, 0) is 101 Å². The van der Waals surface area contributed by atoms with E-state index in [-0.39, 0.29) is 0 Å². The molecule has 3 aliphatic carbocycles. The zero-order valence-electron chi connectivity index (χ0n) is 36.5. The molecule has 0 saturated carbocycles. The predicted molar refractivity (Wildman–Crippen MR) is 275 cm³/mol. The maximum absolute atomic E-state index is 5.66. The first kappa shape index (κ1) is 36.7. The molecule has 2 heteroatoms. The molecule has 0 bridgehead atoms. The van der Waals surface area contributed by atoms with Gasteiger partial charge in [0.05, 0.1) is 27.6 Å². The SMILES string of the molecule is c1ccc(-c2cc(-c3ccccc3)nc(-n3c4ccc5ccccc5c4c4ccc5c(c43)-c3ccccc3C53c4ccccc4C4(c5ccccc5-c5ccccc54)c4ccccc43)c2)cc1. The van der Waals surface area contributed by atoms with Gasteiger partial charge in [-0.3, -0.25) is 4.57 Å². The zero-order chi connectivity index (χ0) is 43.8. The Labute approximate surface area is 388 Å². The summed E-state index contributed by atoms with van der Waals surface area (Å²) < 4.78 is 2.50. The first-order chi connectivity index (χ1) is 33.3. The summed E-state index contributed by atoms with van der Waals surface area (Å²) in [4.78, 5) is 5.66. The van der Waals surface area contributed by atoms with Crippen molar-refractivity contribution in [1.82, 2.24) is 9.55 Å². The van der Waals surface area contributed by atoms with Gasteiger partial charge in [0.1, 0.15) is 5.82 Å². The fourth-order valence-corrected chi connectivity index (χ4v) is 13.0. The van der Waals surface area contributed by atoms with Crippen LogP contribution in [-0.4, -0.2) is 9.55 Å². The number of rotatable bonds is 3. The molecule has 2 aromatic heterocycles. The number of hydrogen-bond donors (Lipinski definition) is 0. The molecule has 0 atom stereocenters. The van der Waals surface area contributed by atoms with Crippen LogP contribution in [0.5, 0.6) is 0 Å². The Hall–Kier alpha value is -8.59. The third kappa shape index (κ3) is 4.62. The van der Waals surface area contributed by atoms with Crippen molar-refractivity contribution in [3.05, 3.63) is 287 Å². The molecule has 0 unspecified atom stereocenters. The maximum Gasteiger partial charge on any atom is 0.138 e. The second kappa shape index (κ2) is 13.5. The van der Waals surface area contributed by atoms with Crippen LogP contribution >= 0.6 is 0 Å². The van der Waals surface area contributed by atoms with Crippen LogP contribution in [-0.2, 0) is 10.8 Å². The molecule has 0 saturated heterocycles. The Morgan fingerprint density at radius 1 is 0.328 bits per heavy atom. The van der Waals surface area contributed by atoms with Gasteiger partial charge in [0.2, 0.25) is 0 Å². The lowest BCUT2D eigenvalue weighted by atomic mass is 9.52. The second-order valence-electron chi connectivity index (χ2n) is 18.5. The highest BCUT2D eigenvalue weighted by atomic mass is 15.1. The van der Waals surface area contributed by atoms with Crippen LogP contribution in [0.4, 0.5) is 0 Å². The minimum absolute atomic E-state index is 0.503. The highest BCUT2D eigenvalue weighted by Gasteiger charge is 2.59. The number of benzene rings is 10. The van der Waals surface area contributed by atoms with Gasteiger partial charge < -0.3 is 0 Å². The molecule has 12 aromatic rings. The van der Waals surface area contributed by atoms with E-state index in [9.17, 15) is 0 Å². The summed E-state index contributed by atoms with van der Waals surface area (Å²) in [6, 6.07) is 90.6. The molecule has 0 N–H and O–H groups in total. The molecule has 3 aliphatic rings. The monoisotopic (exact) mass is 848 g/mol. The number of aromatic nitrogens is 2. The smallest absolute Gasteiger partial charge is 0.138 e. The lowest BCUT2D eigenvalue weighted by Gasteiger charge is -2.48. The summed E-state index contributed by atoms with van der Waals surface area (Å²) in [6.45, 7) is 0. The molecule has 0 radical (unpaired) electrons. The van der Waals surface area contributed by atoms with Crippen molar-refractivity contribution in [1.29, 1.82) is 0 Å². The van der Waals surface area contributed by atoms with Gasteiger partial charge in [0.15, 0.2) is 0 Å². The van der Waals surface area contributed by atoms with Crippen LogP contribution in [0.2, 0.25) is 0 Å². The van der Waals surface area contributed by atoms with Crippen LogP contribution in [0.15, 0.2) is 243 Å². The largest absolute Gasteiger partial charge is 0.293 e. The molecular formula is C65H40N2. The van der Waals surface area contributed by atoms with Crippen LogP contribution in [0.3, 0.4) is 0 Å². The van der Waals surface area contributed by atoms with E-state index >= 15 is 0 Å². The number of nitrogens with zero attached hydrogens (tertiary/aromatic N) is 2. The molecule has 2 heterocycles. The van der Waals surface area contributed by atoms with Crippen LogP contribution in [0.1, 0.15) is 44.5 Å². The summed E-state index contributed by atoms with van der Waals surface area (Å²) in [5, 5.41) is 4.92. The summed E-state index contributed by atoms with van der Waals surface area (Å²) >= 11 is 0. The first-order valence-electron chi connectivity index (χ1n) is 23.4. The van der Waals surface area contributed by atoms with Gasteiger partial charge in [-0.2, -0.15) is 0 Å². The average Bonchev–Trinajstić information content (AvgIpc) is 4.02. The lowest BCUT2D eigenvalue weighted by molar-refractivity contribution is 0.633. The Morgan fingerprint density at radius 3 is 1.45 bits per heavy atom. The van der Waals surface area contributed by atoms with E-state index in [1.165, 1.54) is 93.8 Å². The van der Waals surface area contributed by atoms with Crippen molar-refractivity contribution < 1.29 is 0 Å². The molecule has 15 rings (SSSR count). The Balaban J connectivity index is 1.12. The maximum atomic E-state index is 5.66. The van der Waals surface area contributed by atoms with E-state index in [0.29, 0.717) is 0 Å². The summed E-state index contributed by atoms with van der Waals surface area (Å²) in [7, 11) is 0. The summed E-state index contributed by atoms with van der Waals surface area (Å²) in [5.41, 5.74) is 21.3. The van der Waals surface area contributed by atoms with Crippen molar-refractivity contribution in [3.8, 4) is 50.5 Å². The average molecular weight is 849 g/mol. The van der Waals surface area contributed by atoms with Crippen LogP contribution < -0.4 is 0 Å². The van der Waals surface area contributed by atoms with Crippen LogP contribution in [0, 0.1) is 0 Å². The summed E-state index contributed by atoms with van der Waals surface area (Å²) in [6.07, 6.45) is 0. The molecular weight excluding hydrogens is 809 g/mol. The quantitative estimate of drug-likeness (QED) is 0.173. The Morgan fingerprint density at radius 2 is 0.821 bits per heavy atom. The van der Waals surface area contributed by atoms with Gasteiger partial charge in [-0.1, -0.05) is 224 Å². The molecule has 0 aliphatic heterocycles. The number of pyridine rings is 1.